The summed E-state index contributed by atoms with van der Waals surface area (Å²) in [7, 11) is 0. The highest BCUT2D eigenvalue weighted by Gasteiger charge is 2.49. The molecule has 3 aromatic carbocycles. The predicted molar refractivity (Wildman–Crippen MR) is 199 cm³/mol. The third-order valence-corrected chi connectivity index (χ3v) is 10.9. The molecule has 7 rings (SSSR count). The van der Waals surface area contributed by atoms with Crippen molar-refractivity contribution in [3.05, 3.63) is 135 Å². The normalized spacial score (nSPS) is 15.5. The number of thioether (sulfide) groups is 1. The molecule has 0 spiro atoms. The van der Waals surface area contributed by atoms with Gasteiger partial charge in [0.1, 0.15) is 17.9 Å². The van der Waals surface area contributed by atoms with Gasteiger partial charge in [-0.25, -0.2) is 4.98 Å². The zero-order valence-corrected chi connectivity index (χ0v) is 30.4. The first-order chi connectivity index (χ1) is 24.7. The number of hydrogen-bond donors (Lipinski definition) is 1. The SMILES string of the molecule is CCOc1cc(C2C(=C(O)c3c(C)nc4ccccn34)C(=O)C(=O)N2c2nnc(SCc3ccc(Cl)cc3Cl)s2)ccc1OCc1ccccc1. The van der Waals surface area contributed by atoms with Crippen molar-refractivity contribution in [2.45, 2.75) is 36.6 Å². The smallest absolute Gasteiger partial charge is 0.301 e. The number of nitrogens with zero attached hydrogens (tertiary/aromatic N) is 5. The van der Waals surface area contributed by atoms with Gasteiger partial charge in [0.2, 0.25) is 5.13 Å². The first kappa shape index (κ1) is 34.6. The molecule has 3 aromatic heterocycles. The summed E-state index contributed by atoms with van der Waals surface area (Å²) in [4.78, 5) is 33.8. The third-order valence-electron chi connectivity index (χ3n) is 8.16. The molecule has 0 bridgehead atoms. The van der Waals surface area contributed by atoms with Gasteiger partial charge in [0.05, 0.1) is 23.9 Å². The lowest BCUT2D eigenvalue weighted by molar-refractivity contribution is -0.132. The number of amides is 1. The van der Waals surface area contributed by atoms with E-state index in [0.717, 1.165) is 22.5 Å². The van der Waals surface area contributed by atoms with Crippen molar-refractivity contribution in [2.24, 2.45) is 0 Å². The van der Waals surface area contributed by atoms with Crippen LogP contribution in [0.5, 0.6) is 11.5 Å². The molecule has 0 aliphatic carbocycles. The van der Waals surface area contributed by atoms with Crippen molar-refractivity contribution >= 4 is 74.5 Å². The molecule has 1 amide bonds. The van der Waals surface area contributed by atoms with E-state index in [1.807, 2.05) is 49.4 Å². The lowest BCUT2D eigenvalue weighted by atomic mass is 9.96. The average molecular weight is 759 g/mol. The molecular weight excluding hydrogens is 729 g/mol. The molecule has 1 atom stereocenters. The van der Waals surface area contributed by atoms with Crippen molar-refractivity contribution < 1.29 is 24.2 Å². The highest BCUT2D eigenvalue weighted by atomic mass is 35.5. The van der Waals surface area contributed by atoms with Crippen LogP contribution in [0.15, 0.2) is 101 Å². The zero-order valence-electron chi connectivity index (χ0n) is 27.2. The molecule has 1 saturated heterocycles. The Morgan fingerprint density at radius 3 is 2.55 bits per heavy atom. The van der Waals surface area contributed by atoms with Gasteiger partial charge in [-0.05, 0) is 66.9 Å². The maximum atomic E-state index is 14.0. The number of aliphatic hydroxyl groups is 1. The lowest BCUT2D eigenvalue weighted by Crippen LogP contribution is -2.29. The second-order valence-electron chi connectivity index (χ2n) is 11.4. The fourth-order valence-electron chi connectivity index (χ4n) is 5.83. The van der Waals surface area contributed by atoms with E-state index in [0.29, 0.717) is 67.4 Å². The molecule has 10 nitrogen and oxygen atoms in total. The van der Waals surface area contributed by atoms with Crippen LogP contribution in [0.3, 0.4) is 0 Å². The molecule has 258 valence electrons. The number of Topliss-reactive ketones (excluding diaryl/α,β-unsaturated/α-hetero) is 1. The summed E-state index contributed by atoms with van der Waals surface area (Å²) in [5, 5.41) is 21.9. The van der Waals surface area contributed by atoms with Crippen LogP contribution in [-0.2, 0) is 21.9 Å². The largest absolute Gasteiger partial charge is 0.505 e. The number of benzene rings is 3. The quantitative estimate of drug-likeness (QED) is 0.0455. The number of fused-ring (bicyclic) bond motifs is 1. The van der Waals surface area contributed by atoms with Crippen LogP contribution < -0.4 is 14.4 Å². The minimum Gasteiger partial charge on any atom is -0.505 e. The molecular formula is C37H29Cl2N5O5S2. The Morgan fingerprint density at radius 2 is 1.76 bits per heavy atom. The fraction of sp³-hybridized carbons (Fsp3) is 0.162. The second-order valence-corrected chi connectivity index (χ2v) is 14.5. The van der Waals surface area contributed by atoms with Crippen molar-refractivity contribution in [1.82, 2.24) is 19.6 Å². The summed E-state index contributed by atoms with van der Waals surface area (Å²) < 4.78 is 14.4. The number of rotatable bonds is 11. The Hall–Kier alpha value is -4.88. The number of imidazole rings is 1. The highest BCUT2D eigenvalue weighted by molar-refractivity contribution is 8.00. The first-order valence-electron chi connectivity index (χ1n) is 15.8. The van der Waals surface area contributed by atoms with Crippen LogP contribution in [0.1, 0.15) is 41.0 Å². The van der Waals surface area contributed by atoms with Crippen LogP contribution in [-0.4, -0.2) is 43.0 Å². The number of aromatic nitrogens is 4. The number of aliphatic hydroxyl groups excluding tert-OH is 1. The Kier molecular flexibility index (Phi) is 10.0. The van der Waals surface area contributed by atoms with Gasteiger partial charge in [0.25, 0.3) is 5.78 Å². The average Bonchev–Trinajstić information content (AvgIpc) is 3.80. The van der Waals surface area contributed by atoms with Gasteiger partial charge in [-0.1, -0.05) is 94.8 Å². The first-order valence-corrected chi connectivity index (χ1v) is 18.4. The third kappa shape index (κ3) is 6.92. The summed E-state index contributed by atoms with van der Waals surface area (Å²) >= 11 is 15.0. The van der Waals surface area contributed by atoms with Gasteiger partial charge in [0, 0.05) is 22.0 Å². The molecule has 1 aliphatic rings. The van der Waals surface area contributed by atoms with Crippen LogP contribution >= 0.6 is 46.3 Å². The molecule has 6 aromatic rings. The van der Waals surface area contributed by atoms with Crippen molar-refractivity contribution in [2.75, 3.05) is 11.5 Å². The Bertz CT molecular complexity index is 2310. The van der Waals surface area contributed by atoms with Crippen LogP contribution in [0, 0.1) is 6.92 Å². The maximum Gasteiger partial charge on any atom is 0.301 e. The van der Waals surface area contributed by atoms with E-state index in [-0.39, 0.29) is 16.5 Å². The Labute approximate surface area is 311 Å². The molecule has 4 heterocycles. The predicted octanol–water partition coefficient (Wildman–Crippen LogP) is 8.70. The van der Waals surface area contributed by atoms with Crippen molar-refractivity contribution in [3.8, 4) is 11.5 Å². The molecule has 1 unspecified atom stereocenters. The van der Waals surface area contributed by atoms with E-state index >= 15 is 0 Å². The van der Waals surface area contributed by atoms with Gasteiger partial charge >= 0.3 is 5.91 Å². The molecule has 51 heavy (non-hydrogen) atoms. The van der Waals surface area contributed by atoms with Gasteiger partial charge in [-0.2, -0.15) is 0 Å². The van der Waals surface area contributed by atoms with E-state index in [1.54, 1.807) is 60.0 Å². The maximum absolute atomic E-state index is 14.0. The van der Waals surface area contributed by atoms with E-state index in [9.17, 15) is 14.7 Å². The number of carbonyl (C=O) groups is 2. The molecule has 1 N–H and O–H groups in total. The minimum atomic E-state index is -1.09. The van der Waals surface area contributed by atoms with Crippen molar-refractivity contribution in [1.29, 1.82) is 0 Å². The standard InChI is InChI=1S/C37H29Cl2N5O5S2/c1-3-48-28-17-23(13-15-27(28)49-19-22-9-5-4-6-10-22)32-30(33(45)31-21(2)40-29-11-7-8-16-43(29)31)34(46)35(47)44(32)36-41-42-37(51-36)50-20-24-12-14-25(38)18-26(24)39/h4-18,32,45H,3,19-20H2,1-2H3. The molecule has 1 fully saturated rings. The number of halogens is 2. The summed E-state index contributed by atoms with van der Waals surface area (Å²) in [6.07, 6.45) is 1.74. The summed E-state index contributed by atoms with van der Waals surface area (Å²) in [5.74, 6) is -0.727. The van der Waals surface area contributed by atoms with E-state index in [4.69, 9.17) is 32.7 Å². The number of hydrogen-bond acceptors (Lipinski definition) is 10. The molecule has 1 aliphatic heterocycles. The number of pyridine rings is 1. The van der Waals surface area contributed by atoms with Crippen molar-refractivity contribution in [3.63, 3.8) is 0 Å². The zero-order chi connectivity index (χ0) is 35.6. The fourth-order valence-corrected chi connectivity index (χ4v) is 8.25. The molecule has 0 radical (unpaired) electrons. The highest BCUT2D eigenvalue weighted by Crippen LogP contribution is 2.46. The van der Waals surface area contributed by atoms with Gasteiger partial charge in [-0.3, -0.25) is 18.9 Å². The van der Waals surface area contributed by atoms with Crippen LogP contribution in [0.25, 0.3) is 11.4 Å². The van der Waals surface area contributed by atoms with Gasteiger partial charge in [0.15, 0.2) is 21.6 Å². The Balaban J connectivity index is 1.31. The van der Waals surface area contributed by atoms with Crippen LogP contribution in [0.2, 0.25) is 10.0 Å². The number of carbonyl (C=O) groups excluding carboxylic acids is 2. The molecule has 0 saturated carbocycles. The Morgan fingerprint density at radius 1 is 0.961 bits per heavy atom. The van der Waals surface area contributed by atoms with E-state index in [2.05, 4.69) is 15.2 Å². The lowest BCUT2D eigenvalue weighted by Gasteiger charge is -2.23. The van der Waals surface area contributed by atoms with Gasteiger partial charge < -0.3 is 14.6 Å². The summed E-state index contributed by atoms with van der Waals surface area (Å²) in [6.45, 7) is 4.23. The number of ketones is 1. The number of anilines is 1. The summed E-state index contributed by atoms with van der Waals surface area (Å²) in [5.41, 5.74) is 3.57. The number of ether oxygens (including phenoxy) is 2. The summed E-state index contributed by atoms with van der Waals surface area (Å²) in [6, 6.07) is 24.5. The molecule has 14 heteroatoms. The topological polar surface area (TPSA) is 119 Å². The van der Waals surface area contributed by atoms with E-state index in [1.165, 1.54) is 16.7 Å². The van der Waals surface area contributed by atoms with Crippen LogP contribution in [0.4, 0.5) is 5.13 Å². The van der Waals surface area contributed by atoms with Gasteiger partial charge in [-0.15, -0.1) is 10.2 Å². The minimum absolute atomic E-state index is 0.119. The monoisotopic (exact) mass is 757 g/mol. The number of aryl methyl sites for hydroxylation is 1. The van der Waals surface area contributed by atoms with E-state index < -0.39 is 17.7 Å². The second kappa shape index (κ2) is 14.8.